The minimum Gasteiger partial charge on any atom is -0.490 e. The highest BCUT2D eigenvalue weighted by Crippen LogP contribution is 2.24. The molecule has 3 rings (SSSR count). The topological polar surface area (TPSA) is 61.8 Å². The summed E-state index contributed by atoms with van der Waals surface area (Å²) < 4.78 is 5.73. The number of β-amino-alcohol motifs (C(OH)–C–C–N with tert-alkyl or cyclic N) is 1. The fraction of sp³-hybridized carbons (Fsp3) is 0.409. The summed E-state index contributed by atoms with van der Waals surface area (Å²) >= 11 is 5.97. The Hall–Kier alpha value is -2.08. The van der Waals surface area contributed by atoms with Gasteiger partial charge in [0.15, 0.2) is 0 Å². The molecule has 1 aliphatic rings. The molecule has 1 unspecified atom stereocenters. The molecule has 2 aromatic carbocycles. The van der Waals surface area contributed by atoms with Gasteiger partial charge in [0.2, 0.25) is 5.91 Å². The first kappa shape index (κ1) is 20.6. The molecule has 150 valence electrons. The van der Waals surface area contributed by atoms with Crippen molar-refractivity contribution in [1.82, 2.24) is 10.2 Å². The lowest BCUT2D eigenvalue weighted by molar-refractivity contribution is -0.124. The molecule has 2 N–H and O–H groups in total. The average molecular weight is 403 g/mol. The molecule has 5 nitrogen and oxygen atoms in total. The number of nitrogens with one attached hydrogen (secondary N) is 1. The van der Waals surface area contributed by atoms with Crippen molar-refractivity contribution in [1.29, 1.82) is 0 Å². The summed E-state index contributed by atoms with van der Waals surface area (Å²) in [7, 11) is 0. The number of carbonyl (C=O) groups excluding carboxylic acids is 1. The SMILES string of the molecule is O=C(CN1CCCC(O)(COc2cccc(Cl)c2)C1)NCCc1ccccc1. The number of piperidine rings is 1. The molecule has 1 saturated heterocycles. The first-order chi connectivity index (χ1) is 13.5. The van der Waals surface area contributed by atoms with Crippen LogP contribution >= 0.6 is 11.6 Å². The Morgan fingerprint density at radius 3 is 2.82 bits per heavy atom. The third kappa shape index (κ3) is 6.51. The van der Waals surface area contributed by atoms with Gasteiger partial charge < -0.3 is 15.2 Å². The fourth-order valence-electron chi connectivity index (χ4n) is 3.48. The maximum atomic E-state index is 12.2. The van der Waals surface area contributed by atoms with Crippen molar-refractivity contribution in [2.75, 3.05) is 32.8 Å². The summed E-state index contributed by atoms with van der Waals surface area (Å²) in [6, 6.07) is 17.2. The third-order valence-corrected chi connectivity index (χ3v) is 5.12. The number of ether oxygens (including phenoxy) is 1. The van der Waals surface area contributed by atoms with Gasteiger partial charge in [-0.15, -0.1) is 0 Å². The Kier molecular flexibility index (Phi) is 7.31. The first-order valence-electron chi connectivity index (χ1n) is 9.66. The van der Waals surface area contributed by atoms with Gasteiger partial charge in [0.1, 0.15) is 18.0 Å². The molecule has 0 spiro atoms. The number of hydrogen-bond donors (Lipinski definition) is 2. The Balaban J connectivity index is 1.42. The summed E-state index contributed by atoms with van der Waals surface area (Å²) in [4.78, 5) is 14.2. The van der Waals surface area contributed by atoms with Crippen molar-refractivity contribution in [3.05, 3.63) is 65.2 Å². The minimum absolute atomic E-state index is 0.0176. The van der Waals surface area contributed by atoms with E-state index in [1.54, 1.807) is 12.1 Å². The van der Waals surface area contributed by atoms with Crippen molar-refractivity contribution in [3.8, 4) is 5.75 Å². The van der Waals surface area contributed by atoms with Gasteiger partial charge in [0.05, 0.1) is 6.54 Å². The largest absolute Gasteiger partial charge is 0.490 e. The van der Waals surface area contributed by atoms with Crippen molar-refractivity contribution in [2.24, 2.45) is 0 Å². The maximum Gasteiger partial charge on any atom is 0.234 e. The van der Waals surface area contributed by atoms with Crippen molar-refractivity contribution in [2.45, 2.75) is 24.9 Å². The zero-order valence-electron chi connectivity index (χ0n) is 15.9. The van der Waals surface area contributed by atoms with Gasteiger partial charge in [-0.3, -0.25) is 9.69 Å². The lowest BCUT2D eigenvalue weighted by Crippen LogP contribution is -2.53. The lowest BCUT2D eigenvalue weighted by atomic mass is 9.93. The number of nitrogens with zero attached hydrogens (tertiary/aromatic N) is 1. The van der Waals surface area contributed by atoms with E-state index in [1.807, 2.05) is 35.2 Å². The zero-order valence-corrected chi connectivity index (χ0v) is 16.7. The van der Waals surface area contributed by atoms with Crippen LogP contribution < -0.4 is 10.1 Å². The fourth-order valence-corrected chi connectivity index (χ4v) is 3.66. The monoisotopic (exact) mass is 402 g/mol. The molecule has 0 bridgehead atoms. The van der Waals surface area contributed by atoms with Gasteiger partial charge in [0.25, 0.3) is 0 Å². The van der Waals surface area contributed by atoms with Gasteiger partial charge in [-0.1, -0.05) is 48.0 Å². The summed E-state index contributed by atoms with van der Waals surface area (Å²) in [6.07, 6.45) is 2.29. The van der Waals surface area contributed by atoms with E-state index in [0.29, 0.717) is 30.3 Å². The molecule has 0 aromatic heterocycles. The second kappa shape index (κ2) is 9.92. The van der Waals surface area contributed by atoms with E-state index < -0.39 is 5.60 Å². The number of aliphatic hydroxyl groups is 1. The summed E-state index contributed by atoms with van der Waals surface area (Å²) in [5.41, 5.74) is 0.235. The summed E-state index contributed by atoms with van der Waals surface area (Å²) in [6.45, 7) is 2.29. The van der Waals surface area contributed by atoms with Crippen molar-refractivity contribution in [3.63, 3.8) is 0 Å². The Morgan fingerprint density at radius 2 is 2.04 bits per heavy atom. The smallest absolute Gasteiger partial charge is 0.234 e. The molecule has 6 heteroatoms. The first-order valence-corrected chi connectivity index (χ1v) is 10.0. The van der Waals surface area contributed by atoms with E-state index >= 15 is 0 Å². The van der Waals surface area contributed by atoms with Crippen LogP contribution in [0.5, 0.6) is 5.75 Å². The van der Waals surface area contributed by atoms with E-state index in [-0.39, 0.29) is 19.1 Å². The standard InChI is InChI=1S/C22H27ClN2O3/c23-19-8-4-9-20(14-19)28-17-22(27)11-5-13-25(16-22)15-21(26)24-12-10-18-6-2-1-3-7-18/h1-4,6-9,14,27H,5,10-13,15-17H2,(H,24,26). The quantitative estimate of drug-likeness (QED) is 0.712. The van der Waals surface area contributed by atoms with E-state index in [0.717, 1.165) is 19.4 Å². The van der Waals surface area contributed by atoms with E-state index in [4.69, 9.17) is 16.3 Å². The molecular weight excluding hydrogens is 376 g/mol. The average Bonchev–Trinajstić information content (AvgIpc) is 2.67. The molecule has 0 aliphatic carbocycles. The van der Waals surface area contributed by atoms with Crippen LogP contribution in [0.1, 0.15) is 18.4 Å². The Bertz CT molecular complexity index is 771. The highest BCUT2D eigenvalue weighted by atomic mass is 35.5. The minimum atomic E-state index is -0.967. The van der Waals surface area contributed by atoms with E-state index in [2.05, 4.69) is 17.4 Å². The maximum absolute atomic E-state index is 12.2. The lowest BCUT2D eigenvalue weighted by Gasteiger charge is -2.38. The van der Waals surface area contributed by atoms with E-state index in [1.165, 1.54) is 5.56 Å². The van der Waals surface area contributed by atoms with Crippen molar-refractivity contribution >= 4 is 17.5 Å². The van der Waals surface area contributed by atoms with Crippen LogP contribution in [-0.2, 0) is 11.2 Å². The molecule has 1 aliphatic heterocycles. The number of amides is 1. The Labute approximate surface area is 171 Å². The summed E-state index contributed by atoms with van der Waals surface area (Å²) in [5, 5.41) is 14.4. The zero-order chi connectivity index (χ0) is 19.8. The van der Waals surface area contributed by atoms with Crippen LogP contribution in [0.15, 0.2) is 54.6 Å². The molecule has 1 heterocycles. The van der Waals surface area contributed by atoms with Crippen LogP contribution in [0.4, 0.5) is 0 Å². The number of halogens is 1. The molecule has 1 amide bonds. The number of hydrogen-bond acceptors (Lipinski definition) is 4. The van der Waals surface area contributed by atoms with Crippen LogP contribution in [0.2, 0.25) is 5.02 Å². The predicted octanol–water partition coefficient (Wildman–Crippen LogP) is 2.90. The van der Waals surface area contributed by atoms with Gasteiger partial charge in [-0.05, 0) is 49.6 Å². The molecule has 2 aromatic rings. The van der Waals surface area contributed by atoms with Crippen molar-refractivity contribution < 1.29 is 14.6 Å². The molecule has 28 heavy (non-hydrogen) atoms. The normalized spacial score (nSPS) is 19.9. The number of carbonyl (C=O) groups is 1. The second-order valence-electron chi connectivity index (χ2n) is 7.37. The molecular formula is C22H27ClN2O3. The number of rotatable bonds is 8. The second-order valence-corrected chi connectivity index (χ2v) is 7.81. The van der Waals surface area contributed by atoms with Crippen LogP contribution in [0.25, 0.3) is 0 Å². The molecule has 0 saturated carbocycles. The highest BCUT2D eigenvalue weighted by Gasteiger charge is 2.34. The number of likely N-dealkylation sites (tertiary alicyclic amines) is 1. The van der Waals surface area contributed by atoms with Crippen LogP contribution in [-0.4, -0.2) is 54.3 Å². The predicted molar refractivity (Wildman–Crippen MR) is 111 cm³/mol. The molecule has 1 fully saturated rings. The number of benzene rings is 2. The van der Waals surface area contributed by atoms with Gasteiger partial charge >= 0.3 is 0 Å². The molecule has 1 atom stereocenters. The highest BCUT2D eigenvalue weighted by molar-refractivity contribution is 6.30. The summed E-state index contributed by atoms with van der Waals surface area (Å²) in [5.74, 6) is 0.618. The van der Waals surface area contributed by atoms with Gasteiger partial charge in [-0.2, -0.15) is 0 Å². The van der Waals surface area contributed by atoms with Crippen LogP contribution in [0, 0.1) is 0 Å². The van der Waals surface area contributed by atoms with Gasteiger partial charge in [0, 0.05) is 18.1 Å². The third-order valence-electron chi connectivity index (χ3n) is 4.88. The van der Waals surface area contributed by atoms with Crippen LogP contribution in [0.3, 0.4) is 0 Å². The van der Waals surface area contributed by atoms with E-state index in [9.17, 15) is 9.90 Å². The molecule has 0 radical (unpaired) electrons. The van der Waals surface area contributed by atoms with Gasteiger partial charge in [-0.25, -0.2) is 0 Å². The Morgan fingerprint density at radius 1 is 1.21 bits per heavy atom.